The maximum absolute atomic E-state index is 12.8. The van der Waals surface area contributed by atoms with Gasteiger partial charge in [0, 0.05) is 6.07 Å². The van der Waals surface area contributed by atoms with Crippen LogP contribution in [0.15, 0.2) is 6.07 Å². The molecule has 0 aliphatic rings. The highest BCUT2D eigenvalue weighted by atomic mass is 19.3. The van der Waals surface area contributed by atoms with E-state index in [1.807, 2.05) is 0 Å². The van der Waals surface area contributed by atoms with Gasteiger partial charge in [-0.05, 0) is 6.92 Å². The number of hydrogen-bond acceptors (Lipinski definition) is 6. The molecule has 0 aromatic carbocycles. The molecule has 0 N–H and O–H groups in total. The van der Waals surface area contributed by atoms with Crippen molar-refractivity contribution in [3.05, 3.63) is 27.6 Å². The third-order valence-electron chi connectivity index (χ3n) is 2.08. The van der Waals surface area contributed by atoms with Gasteiger partial charge in [-0.15, -0.1) is 0 Å². The standard InChI is InChI=1S/C10H10F2N2O5/c1-3-19-10(15)5-4-6(18-2)8(14(16)17)7(13-5)9(11)12/h4,9H,3H2,1-2H3. The molecule has 0 unspecified atom stereocenters. The minimum atomic E-state index is -3.22. The highest BCUT2D eigenvalue weighted by molar-refractivity contribution is 5.88. The van der Waals surface area contributed by atoms with Gasteiger partial charge in [-0.1, -0.05) is 0 Å². The van der Waals surface area contributed by atoms with E-state index in [4.69, 9.17) is 0 Å². The lowest BCUT2D eigenvalue weighted by Crippen LogP contribution is -2.11. The Morgan fingerprint density at radius 2 is 2.21 bits per heavy atom. The monoisotopic (exact) mass is 276 g/mol. The molecule has 1 rings (SSSR count). The first-order chi connectivity index (χ1) is 8.92. The predicted molar refractivity (Wildman–Crippen MR) is 58.4 cm³/mol. The maximum atomic E-state index is 12.8. The van der Waals surface area contributed by atoms with E-state index >= 15 is 0 Å². The first-order valence-corrected chi connectivity index (χ1v) is 5.10. The van der Waals surface area contributed by atoms with Gasteiger partial charge in [0.05, 0.1) is 18.6 Å². The van der Waals surface area contributed by atoms with Crippen molar-refractivity contribution in [2.45, 2.75) is 13.3 Å². The summed E-state index contributed by atoms with van der Waals surface area (Å²) in [6.45, 7) is 1.54. The SMILES string of the molecule is CCOC(=O)c1cc(OC)c([N+](=O)[O-])c(C(F)F)n1. The van der Waals surface area contributed by atoms with E-state index in [1.54, 1.807) is 0 Å². The molecule has 0 fully saturated rings. The smallest absolute Gasteiger partial charge is 0.357 e. The summed E-state index contributed by atoms with van der Waals surface area (Å²) in [5.74, 6) is -1.43. The van der Waals surface area contributed by atoms with Crippen molar-refractivity contribution in [3.63, 3.8) is 0 Å². The number of pyridine rings is 1. The van der Waals surface area contributed by atoms with Crippen molar-refractivity contribution in [2.75, 3.05) is 13.7 Å². The number of hydrogen-bond donors (Lipinski definition) is 0. The summed E-state index contributed by atoms with van der Waals surface area (Å²) in [7, 11) is 1.06. The molecule has 0 amide bonds. The molecule has 0 radical (unpaired) electrons. The highest BCUT2D eigenvalue weighted by Gasteiger charge is 2.31. The molecule has 7 nitrogen and oxygen atoms in total. The summed E-state index contributed by atoms with van der Waals surface area (Å²) in [6, 6.07) is 0.891. The summed E-state index contributed by atoms with van der Waals surface area (Å²) in [5.41, 5.74) is -2.57. The fraction of sp³-hybridized carbons (Fsp3) is 0.400. The van der Waals surface area contributed by atoms with Crippen molar-refractivity contribution < 1.29 is 28.0 Å². The minimum Gasteiger partial charge on any atom is -0.490 e. The number of carbonyl (C=O) groups excluding carboxylic acids is 1. The molecule has 0 aliphatic heterocycles. The van der Waals surface area contributed by atoms with Crippen molar-refractivity contribution in [1.82, 2.24) is 4.98 Å². The third-order valence-corrected chi connectivity index (χ3v) is 2.08. The zero-order chi connectivity index (χ0) is 14.6. The predicted octanol–water partition coefficient (Wildman–Crippen LogP) is 2.11. The molecule has 1 aromatic rings. The van der Waals surface area contributed by atoms with Gasteiger partial charge in [0.1, 0.15) is 0 Å². The summed E-state index contributed by atoms with van der Waals surface area (Å²) >= 11 is 0. The lowest BCUT2D eigenvalue weighted by molar-refractivity contribution is -0.387. The van der Waals surface area contributed by atoms with Gasteiger partial charge >= 0.3 is 11.7 Å². The maximum Gasteiger partial charge on any atom is 0.357 e. The number of methoxy groups -OCH3 is 1. The molecule has 0 aliphatic carbocycles. The number of esters is 1. The molecule has 19 heavy (non-hydrogen) atoms. The van der Waals surface area contributed by atoms with Crippen LogP contribution in [-0.2, 0) is 4.74 Å². The molecule has 1 heterocycles. The number of nitro groups is 1. The van der Waals surface area contributed by atoms with Crippen LogP contribution >= 0.6 is 0 Å². The van der Waals surface area contributed by atoms with E-state index in [1.165, 1.54) is 6.92 Å². The second-order valence-corrected chi connectivity index (χ2v) is 3.22. The van der Waals surface area contributed by atoms with Gasteiger partial charge in [-0.25, -0.2) is 18.6 Å². The van der Waals surface area contributed by atoms with E-state index in [0.717, 1.165) is 13.2 Å². The molecule has 9 heteroatoms. The molecule has 1 aromatic heterocycles. The van der Waals surface area contributed by atoms with Crippen LogP contribution in [0.25, 0.3) is 0 Å². The van der Waals surface area contributed by atoms with Gasteiger partial charge in [0.15, 0.2) is 11.4 Å². The number of ether oxygens (including phenoxy) is 2. The Hall–Kier alpha value is -2.32. The molecular formula is C10H10F2N2O5. The molecule has 104 valence electrons. The molecule has 0 saturated heterocycles. The van der Waals surface area contributed by atoms with Crippen LogP contribution in [0.1, 0.15) is 29.5 Å². The van der Waals surface area contributed by atoms with Crippen molar-refractivity contribution in [2.24, 2.45) is 0 Å². The van der Waals surface area contributed by atoms with Gasteiger partial charge in [0.2, 0.25) is 5.75 Å². The number of nitrogens with zero attached hydrogens (tertiary/aromatic N) is 2. The molecule has 0 saturated carbocycles. The fourth-order valence-corrected chi connectivity index (χ4v) is 1.33. The van der Waals surface area contributed by atoms with E-state index in [9.17, 15) is 23.7 Å². The lowest BCUT2D eigenvalue weighted by atomic mass is 10.2. The average Bonchev–Trinajstić information content (AvgIpc) is 2.36. The Labute approximate surface area is 106 Å². The highest BCUT2D eigenvalue weighted by Crippen LogP contribution is 2.35. The van der Waals surface area contributed by atoms with E-state index in [-0.39, 0.29) is 6.61 Å². The second kappa shape index (κ2) is 6.03. The molecule has 0 atom stereocenters. The second-order valence-electron chi connectivity index (χ2n) is 3.22. The van der Waals surface area contributed by atoms with Gasteiger partial charge in [0.25, 0.3) is 6.43 Å². The van der Waals surface area contributed by atoms with Crippen LogP contribution in [0, 0.1) is 10.1 Å². The zero-order valence-corrected chi connectivity index (χ0v) is 10.1. The quantitative estimate of drug-likeness (QED) is 0.464. The lowest BCUT2D eigenvalue weighted by Gasteiger charge is -2.08. The van der Waals surface area contributed by atoms with Crippen molar-refractivity contribution in [3.8, 4) is 5.75 Å². The first-order valence-electron chi connectivity index (χ1n) is 5.10. The molecule has 0 bridgehead atoms. The van der Waals surface area contributed by atoms with Crippen molar-refractivity contribution in [1.29, 1.82) is 0 Å². The Kier molecular flexibility index (Phi) is 4.67. The summed E-state index contributed by atoms with van der Waals surface area (Å²) in [6.07, 6.45) is -3.22. The number of alkyl halides is 2. The first kappa shape index (κ1) is 14.7. The van der Waals surface area contributed by atoms with Crippen LogP contribution in [0.3, 0.4) is 0 Å². The Morgan fingerprint density at radius 3 is 2.63 bits per heavy atom. The Bertz CT molecular complexity index is 507. The number of carbonyl (C=O) groups is 1. The summed E-state index contributed by atoms with van der Waals surface area (Å²) in [4.78, 5) is 24.4. The third kappa shape index (κ3) is 3.12. The summed E-state index contributed by atoms with van der Waals surface area (Å²) < 4.78 is 34.8. The van der Waals surface area contributed by atoms with Gasteiger partial charge in [-0.2, -0.15) is 0 Å². The largest absolute Gasteiger partial charge is 0.490 e. The normalized spacial score (nSPS) is 10.4. The minimum absolute atomic E-state index is 0.0177. The van der Waals surface area contributed by atoms with Gasteiger partial charge < -0.3 is 9.47 Å². The Morgan fingerprint density at radius 1 is 1.58 bits per heavy atom. The summed E-state index contributed by atoms with van der Waals surface area (Å²) in [5, 5.41) is 10.7. The topological polar surface area (TPSA) is 91.6 Å². The van der Waals surface area contributed by atoms with E-state index < -0.39 is 40.1 Å². The average molecular weight is 276 g/mol. The molecular weight excluding hydrogens is 266 g/mol. The molecule has 0 spiro atoms. The van der Waals surface area contributed by atoms with Gasteiger partial charge in [-0.3, -0.25) is 10.1 Å². The Balaban J connectivity index is 3.44. The van der Waals surface area contributed by atoms with Crippen LogP contribution in [0.2, 0.25) is 0 Å². The zero-order valence-electron chi connectivity index (χ0n) is 10.1. The number of halogens is 2. The van der Waals surface area contributed by atoms with Crippen molar-refractivity contribution >= 4 is 11.7 Å². The number of aromatic nitrogens is 1. The number of rotatable bonds is 5. The van der Waals surface area contributed by atoms with Crippen LogP contribution < -0.4 is 4.74 Å². The van der Waals surface area contributed by atoms with Crippen LogP contribution in [0.5, 0.6) is 5.75 Å². The van der Waals surface area contributed by atoms with Crippen LogP contribution in [-0.4, -0.2) is 29.6 Å². The fourth-order valence-electron chi connectivity index (χ4n) is 1.33. The van der Waals surface area contributed by atoms with E-state index in [0.29, 0.717) is 0 Å². The van der Waals surface area contributed by atoms with Crippen LogP contribution in [0.4, 0.5) is 14.5 Å². The van der Waals surface area contributed by atoms with E-state index in [2.05, 4.69) is 14.5 Å².